The molecule has 4 rings (SSSR count). The second kappa shape index (κ2) is 8.82. The van der Waals surface area contributed by atoms with Crippen molar-refractivity contribution in [3.8, 4) is 5.75 Å². The van der Waals surface area contributed by atoms with Crippen LogP contribution in [0.15, 0.2) is 66.8 Å². The lowest BCUT2D eigenvalue weighted by Crippen LogP contribution is -2.40. The molecule has 0 radical (unpaired) electrons. The summed E-state index contributed by atoms with van der Waals surface area (Å²) in [5.41, 5.74) is -0.0398. The molecule has 2 aromatic carbocycles. The van der Waals surface area contributed by atoms with Gasteiger partial charge in [0.15, 0.2) is 9.84 Å². The minimum Gasteiger partial charge on any atom is -0.507 e. The topological polar surface area (TPSA) is 101 Å². The Labute approximate surface area is 190 Å². The summed E-state index contributed by atoms with van der Waals surface area (Å²) in [6.07, 6.45) is 1.71. The Balaban J connectivity index is 1.83. The highest BCUT2D eigenvalue weighted by Crippen LogP contribution is 2.43. The van der Waals surface area contributed by atoms with Crippen LogP contribution in [0.3, 0.4) is 0 Å². The van der Waals surface area contributed by atoms with Crippen molar-refractivity contribution in [1.29, 1.82) is 0 Å². The van der Waals surface area contributed by atoms with Gasteiger partial charge in [-0.3, -0.25) is 9.59 Å². The van der Waals surface area contributed by atoms with Crippen LogP contribution in [0.25, 0.3) is 5.76 Å². The number of ether oxygens (including phenoxy) is 1. The molecule has 0 bridgehead atoms. The Morgan fingerprint density at radius 2 is 1.88 bits per heavy atom. The first-order valence-corrected chi connectivity index (χ1v) is 12.1. The van der Waals surface area contributed by atoms with Crippen LogP contribution in [0, 0.1) is 5.82 Å². The molecule has 2 aliphatic rings. The van der Waals surface area contributed by atoms with Gasteiger partial charge < -0.3 is 14.7 Å². The zero-order chi connectivity index (χ0) is 23.8. The first-order valence-electron chi connectivity index (χ1n) is 10.3. The van der Waals surface area contributed by atoms with Crippen LogP contribution in [-0.4, -0.2) is 54.3 Å². The Morgan fingerprint density at radius 3 is 2.48 bits per heavy atom. The number of carbonyl (C=O) groups excluding carboxylic acids is 2. The summed E-state index contributed by atoms with van der Waals surface area (Å²) in [6.45, 7) is 3.85. The van der Waals surface area contributed by atoms with E-state index in [0.29, 0.717) is 5.75 Å². The fourth-order valence-corrected chi connectivity index (χ4v) is 5.95. The number of Topliss-reactive ketones (excluding diaryl/α,β-unsaturated/α-hetero) is 1. The normalized spacial score (nSPS) is 23.6. The van der Waals surface area contributed by atoms with Crippen molar-refractivity contribution >= 4 is 27.3 Å². The summed E-state index contributed by atoms with van der Waals surface area (Å²) in [6, 6.07) is 9.76. The monoisotopic (exact) mass is 471 g/mol. The standard InChI is InChI=1S/C24H22FNO6S/c1-2-12-32-17-9-7-15(8-10-17)22(27)20-21(18-5-3-4-6-19(18)25)26(24(29)23(20)28)16-11-13-33(30,31)14-16/h2-10,16,21,27H,1,11-14H2/t16-,21-/m0/s1. The third-order valence-electron chi connectivity index (χ3n) is 5.78. The molecule has 7 nitrogen and oxygen atoms in total. The molecule has 0 unspecified atom stereocenters. The minimum absolute atomic E-state index is 0.00786. The molecule has 33 heavy (non-hydrogen) atoms. The fourth-order valence-electron chi connectivity index (χ4n) is 4.24. The van der Waals surface area contributed by atoms with E-state index in [1.54, 1.807) is 24.3 Å². The number of hydrogen-bond donors (Lipinski definition) is 1. The number of aliphatic hydroxyl groups is 1. The minimum atomic E-state index is -3.39. The number of rotatable bonds is 6. The first kappa shape index (κ1) is 22.7. The van der Waals surface area contributed by atoms with Crippen molar-refractivity contribution < 1.29 is 32.2 Å². The largest absolute Gasteiger partial charge is 0.507 e. The van der Waals surface area contributed by atoms with Crippen LogP contribution < -0.4 is 4.74 Å². The van der Waals surface area contributed by atoms with Crippen LogP contribution in [-0.2, 0) is 19.4 Å². The molecule has 9 heteroatoms. The number of halogens is 1. The van der Waals surface area contributed by atoms with Crippen LogP contribution in [0.4, 0.5) is 4.39 Å². The molecule has 1 amide bonds. The number of carbonyl (C=O) groups is 2. The SMILES string of the molecule is C=CCOc1ccc(C(O)=C2C(=O)C(=O)N([C@H]3CCS(=O)(=O)C3)[C@H]2c2ccccc2F)cc1. The molecular formula is C24H22FNO6S. The number of nitrogens with zero attached hydrogens (tertiary/aromatic N) is 1. The highest BCUT2D eigenvalue weighted by Gasteiger charge is 2.51. The molecule has 2 aliphatic heterocycles. The molecule has 0 aromatic heterocycles. The van der Waals surface area contributed by atoms with E-state index in [1.807, 2.05) is 0 Å². The van der Waals surface area contributed by atoms with Crippen molar-refractivity contribution in [3.05, 3.63) is 83.7 Å². The second-order valence-corrected chi connectivity index (χ2v) is 10.1. The van der Waals surface area contributed by atoms with Gasteiger partial charge in [0, 0.05) is 17.2 Å². The van der Waals surface area contributed by atoms with Gasteiger partial charge in [-0.15, -0.1) is 0 Å². The molecule has 0 spiro atoms. The van der Waals surface area contributed by atoms with E-state index in [4.69, 9.17) is 4.74 Å². The molecule has 1 N–H and O–H groups in total. The van der Waals surface area contributed by atoms with E-state index in [0.717, 1.165) is 4.90 Å². The van der Waals surface area contributed by atoms with Crippen LogP contribution in [0.1, 0.15) is 23.6 Å². The summed E-state index contributed by atoms with van der Waals surface area (Å²) in [5, 5.41) is 11.0. The lowest BCUT2D eigenvalue weighted by Gasteiger charge is -2.30. The molecule has 2 heterocycles. The summed E-state index contributed by atoms with van der Waals surface area (Å²) in [4.78, 5) is 27.1. The van der Waals surface area contributed by atoms with E-state index in [-0.39, 0.29) is 41.2 Å². The van der Waals surface area contributed by atoms with E-state index in [1.165, 1.54) is 30.3 Å². The number of likely N-dealkylation sites (tertiary alicyclic amines) is 1. The van der Waals surface area contributed by atoms with E-state index in [9.17, 15) is 27.5 Å². The quantitative estimate of drug-likeness (QED) is 0.301. The molecule has 2 atom stereocenters. The zero-order valence-corrected chi connectivity index (χ0v) is 18.4. The van der Waals surface area contributed by atoms with Crippen molar-refractivity contribution in [2.45, 2.75) is 18.5 Å². The molecular weight excluding hydrogens is 449 g/mol. The zero-order valence-electron chi connectivity index (χ0n) is 17.6. The fraction of sp³-hybridized carbons (Fsp3) is 0.250. The molecule has 2 fully saturated rings. The van der Waals surface area contributed by atoms with Gasteiger partial charge in [0.2, 0.25) is 0 Å². The number of benzene rings is 2. The predicted molar refractivity (Wildman–Crippen MR) is 120 cm³/mol. The second-order valence-electron chi connectivity index (χ2n) is 7.91. The van der Waals surface area contributed by atoms with Gasteiger partial charge in [0.1, 0.15) is 23.9 Å². The lowest BCUT2D eigenvalue weighted by atomic mass is 9.94. The summed E-state index contributed by atoms with van der Waals surface area (Å²) < 4.78 is 44.4. The predicted octanol–water partition coefficient (Wildman–Crippen LogP) is 3.00. The van der Waals surface area contributed by atoms with Crippen molar-refractivity contribution in [2.75, 3.05) is 18.1 Å². The molecule has 0 aliphatic carbocycles. The summed E-state index contributed by atoms with van der Waals surface area (Å²) >= 11 is 0. The third-order valence-corrected chi connectivity index (χ3v) is 7.53. The number of sulfone groups is 1. The van der Waals surface area contributed by atoms with Gasteiger partial charge in [-0.25, -0.2) is 12.8 Å². The van der Waals surface area contributed by atoms with Crippen LogP contribution >= 0.6 is 0 Å². The molecule has 2 aromatic rings. The lowest BCUT2D eigenvalue weighted by molar-refractivity contribution is -0.141. The van der Waals surface area contributed by atoms with Crippen LogP contribution in [0.2, 0.25) is 0 Å². The highest BCUT2D eigenvalue weighted by molar-refractivity contribution is 7.91. The Morgan fingerprint density at radius 1 is 1.18 bits per heavy atom. The third kappa shape index (κ3) is 4.28. The Hall–Kier alpha value is -3.46. The van der Waals surface area contributed by atoms with Gasteiger partial charge in [-0.2, -0.15) is 0 Å². The summed E-state index contributed by atoms with van der Waals surface area (Å²) in [5.74, 6) is -3.03. The van der Waals surface area contributed by atoms with Crippen molar-refractivity contribution in [2.24, 2.45) is 0 Å². The van der Waals surface area contributed by atoms with Gasteiger partial charge in [-0.05, 0) is 36.8 Å². The Bertz CT molecular complexity index is 1250. The molecule has 172 valence electrons. The number of amides is 1. The maximum atomic E-state index is 14.8. The van der Waals surface area contributed by atoms with Gasteiger partial charge in [0.25, 0.3) is 11.7 Å². The highest BCUT2D eigenvalue weighted by atomic mass is 32.2. The first-order chi connectivity index (χ1) is 15.7. The average molecular weight is 472 g/mol. The Kier molecular flexibility index (Phi) is 6.07. The van der Waals surface area contributed by atoms with Crippen LogP contribution in [0.5, 0.6) is 5.75 Å². The molecule has 2 saturated heterocycles. The van der Waals surface area contributed by atoms with E-state index < -0.39 is 45.2 Å². The number of aliphatic hydroxyl groups excluding tert-OH is 1. The van der Waals surface area contributed by atoms with E-state index >= 15 is 0 Å². The number of hydrogen-bond acceptors (Lipinski definition) is 6. The molecule has 0 saturated carbocycles. The smallest absolute Gasteiger partial charge is 0.295 e. The van der Waals surface area contributed by atoms with E-state index in [2.05, 4.69) is 6.58 Å². The number of ketones is 1. The van der Waals surface area contributed by atoms with Gasteiger partial charge >= 0.3 is 0 Å². The van der Waals surface area contributed by atoms with Gasteiger partial charge in [0.05, 0.1) is 23.1 Å². The summed E-state index contributed by atoms with van der Waals surface area (Å²) in [7, 11) is -3.39. The maximum absolute atomic E-state index is 14.8. The van der Waals surface area contributed by atoms with Crippen molar-refractivity contribution in [1.82, 2.24) is 4.90 Å². The average Bonchev–Trinajstić information content (AvgIpc) is 3.28. The van der Waals surface area contributed by atoms with Crippen molar-refractivity contribution in [3.63, 3.8) is 0 Å². The maximum Gasteiger partial charge on any atom is 0.295 e. The van der Waals surface area contributed by atoms with Gasteiger partial charge in [-0.1, -0.05) is 30.9 Å².